The summed E-state index contributed by atoms with van der Waals surface area (Å²) in [5.74, 6) is 7.56. The number of β-amino-alcohol motifs (C(OH)–C–C–N with tert-alkyl or cyclic N) is 1. The van der Waals surface area contributed by atoms with Gasteiger partial charge in [-0.2, -0.15) is 0 Å². The fourth-order valence-electron chi connectivity index (χ4n) is 4.16. The number of nitrogens with zero attached hydrogens (tertiary/aromatic N) is 1. The van der Waals surface area contributed by atoms with Crippen LogP contribution in [-0.4, -0.2) is 43.2 Å². The molecule has 0 radical (unpaired) electrons. The van der Waals surface area contributed by atoms with Gasteiger partial charge in [0.1, 0.15) is 17.1 Å². The van der Waals surface area contributed by atoms with Gasteiger partial charge in [0.25, 0.3) is 5.91 Å². The highest BCUT2D eigenvalue weighted by molar-refractivity contribution is 5.94. The van der Waals surface area contributed by atoms with E-state index in [2.05, 4.69) is 11.8 Å². The van der Waals surface area contributed by atoms with Gasteiger partial charge in [0.2, 0.25) is 0 Å². The van der Waals surface area contributed by atoms with Crippen molar-refractivity contribution < 1.29 is 19.4 Å². The number of ether oxygens (including phenoxy) is 2. The van der Waals surface area contributed by atoms with E-state index in [-0.39, 0.29) is 12.5 Å². The summed E-state index contributed by atoms with van der Waals surface area (Å²) in [6, 6.07) is 22.3. The van der Waals surface area contributed by atoms with Crippen LogP contribution in [0.4, 0.5) is 0 Å². The lowest BCUT2D eigenvalue weighted by molar-refractivity contribution is -0.0303. The molecule has 1 amide bonds. The molecule has 1 aliphatic heterocycles. The summed E-state index contributed by atoms with van der Waals surface area (Å²) >= 11 is 0. The van der Waals surface area contributed by atoms with Crippen LogP contribution in [0.2, 0.25) is 0 Å². The average molecular weight is 442 g/mol. The molecule has 5 heteroatoms. The molecule has 3 aromatic carbocycles. The van der Waals surface area contributed by atoms with E-state index in [1.165, 1.54) is 0 Å². The number of para-hydroxylation sites is 1. The van der Waals surface area contributed by atoms with Gasteiger partial charge in [0, 0.05) is 28.8 Å². The number of hydrogen-bond donors (Lipinski definition) is 1. The number of carbonyl (C=O) groups is 1. The standard InChI is InChI=1S/C28H27NO4/c1-32-24-16-12-22(13-17-24)9-8-21-10-14-23(15-11-21)27(30)29-19-5-18-28(31,20-29)25-6-3-4-7-26(25)33-2/h3-4,6-7,10-17,31H,5,18-20H2,1-2H3. The first kappa shape index (κ1) is 22.4. The molecule has 0 spiro atoms. The number of methoxy groups -OCH3 is 2. The van der Waals surface area contributed by atoms with Crippen LogP contribution in [0.5, 0.6) is 11.5 Å². The van der Waals surface area contributed by atoms with Crippen LogP contribution in [-0.2, 0) is 5.60 Å². The summed E-state index contributed by atoms with van der Waals surface area (Å²) in [7, 11) is 3.22. The number of piperidine rings is 1. The predicted octanol–water partition coefficient (Wildman–Crippen LogP) is 4.23. The first-order valence-electron chi connectivity index (χ1n) is 10.9. The third-order valence-electron chi connectivity index (χ3n) is 5.94. The topological polar surface area (TPSA) is 59.0 Å². The van der Waals surface area contributed by atoms with Gasteiger partial charge in [-0.15, -0.1) is 0 Å². The summed E-state index contributed by atoms with van der Waals surface area (Å²) in [6.45, 7) is 0.834. The van der Waals surface area contributed by atoms with E-state index in [1.54, 1.807) is 31.3 Å². The van der Waals surface area contributed by atoms with Crippen LogP contribution in [0.15, 0.2) is 72.8 Å². The van der Waals surface area contributed by atoms with Gasteiger partial charge in [-0.25, -0.2) is 0 Å². The van der Waals surface area contributed by atoms with Gasteiger partial charge in [0.05, 0.1) is 20.8 Å². The Morgan fingerprint density at radius 3 is 2.18 bits per heavy atom. The quantitative estimate of drug-likeness (QED) is 0.616. The van der Waals surface area contributed by atoms with E-state index in [4.69, 9.17) is 9.47 Å². The van der Waals surface area contributed by atoms with Gasteiger partial charge in [-0.3, -0.25) is 4.79 Å². The summed E-state index contributed by atoms with van der Waals surface area (Å²) < 4.78 is 10.6. The lowest BCUT2D eigenvalue weighted by atomic mass is 9.85. The Morgan fingerprint density at radius 2 is 1.55 bits per heavy atom. The van der Waals surface area contributed by atoms with Crippen molar-refractivity contribution in [3.8, 4) is 23.3 Å². The third-order valence-corrected chi connectivity index (χ3v) is 5.94. The predicted molar refractivity (Wildman–Crippen MR) is 127 cm³/mol. The van der Waals surface area contributed by atoms with Crippen molar-refractivity contribution in [3.05, 3.63) is 95.1 Å². The van der Waals surface area contributed by atoms with Gasteiger partial charge in [-0.05, 0) is 67.4 Å². The minimum absolute atomic E-state index is 0.0994. The van der Waals surface area contributed by atoms with Crippen LogP contribution in [0.1, 0.15) is 39.9 Å². The normalized spacial score (nSPS) is 17.6. The fourth-order valence-corrected chi connectivity index (χ4v) is 4.16. The minimum atomic E-state index is -1.13. The van der Waals surface area contributed by atoms with E-state index in [9.17, 15) is 9.90 Å². The first-order valence-corrected chi connectivity index (χ1v) is 10.9. The van der Waals surface area contributed by atoms with Crippen molar-refractivity contribution in [1.82, 2.24) is 4.90 Å². The fraction of sp³-hybridized carbons (Fsp3) is 0.250. The molecule has 168 valence electrons. The highest BCUT2D eigenvalue weighted by atomic mass is 16.5. The summed E-state index contributed by atoms with van der Waals surface area (Å²) in [5, 5.41) is 11.4. The smallest absolute Gasteiger partial charge is 0.253 e. The molecule has 1 saturated heterocycles. The van der Waals surface area contributed by atoms with Gasteiger partial charge in [-0.1, -0.05) is 30.0 Å². The number of amides is 1. The van der Waals surface area contributed by atoms with E-state index >= 15 is 0 Å². The van der Waals surface area contributed by atoms with Crippen LogP contribution in [0.25, 0.3) is 0 Å². The number of hydrogen-bond acceptors (Lipinski definition) is 4. The Morgan fingerprint density at radius 1 is 0.909 bits per heavy atom. The number of carbonyl (C=O) groups excluding carboxylic acids is 1. The Kier molecular flexibility index (Phi) is 6.67. The monoisotopic (exact) mass is 441 g/mol. The highest BCUT2D eigenvalue weighted by Gasteiger charge is 2.38. The van der Waals surface area contributed by atoms with Crippen LogP contribution < -0.4 is 9.47 Å². The van der Waals surface area contributed by atoms with Crippen molar-refractivity contribution in [2.75, 3.05) is 27.3 Å². The summed E-state index contributed by atoms with van der Waals surface area (Å²) in [5.41, 5.74) is 1.87. The third kappa shape index (κ3) is 5.02. The lowest BCUT2D eigenvalue weighted by Gasteiger charge is -2.40. The largest absolute Gasteiger partial charge is 0.497 e. The lowest BCUT2D eigenvalue weighted by Crippen LogP contribution is -2.48. The van der Waals surface area contributed by atoms with Crippen LogP contribution >= 0.6 is 0 Å². The average Bonchev–Trinajstić information content (AvgIpc) is 2.87. The molecule has 1 aliphatic rings. The van der Waals surface area contributed by atoms with Crippen molar-refractivity contribution >= 4 is 5.91 Å². The molecule has 4 rings (SSSR count). The molecule has 33 heavy (non-hydrogen) atoms. The first-order chi connectivity index (χ1) is 16.0. The molecular weight excluding hydrogens is 414 g/mol. The minimum Gasteiger partial charge on any atom is -0.497 e. The number of benzene rings is 3. The highest BCUT2D eigenvalue weighted by Crippen LogP contribution is 2.37. The molecule has 1 fully saturated rings. The summed E-state index contributed by atoms with van der Waals surface area (Å²) in [4.78, 5) is 14.9. The van der Waals surface area contributed by atoms with Crippen molar-refractivity contribution in [3.63, 3.8) is 0 Å². The maximum Gasteiger partial charge on any atom is 0.253 e. The van der Waals surface area contributed by atoms with Crippen LogP contribution in [0.3, 0.4) is 0 Å². The molecule has 5 nitrogen and oxygen atoms in total. The van der Waals surface area contributed by atoms with Gasteiger partial charge in [0.15, 0.2) is 0 Å². The zero-order chi connectivity index (χ0) is 23.3. The van der Waals surface area contributed by atoms with Crippen molar-refractivity contribution in [1.29, 1.82) is 0 Å². The van der Waals surface area contributed by atoms with Crippen molar-refractivity contribution in [2.24, 2.45) is 0 Å². The molecule has 0 aliphatic carbocycles. The number of rotatable bonds is 4. The van der Waals surface area contributed by atoms with Gasteiger partial charge >= 0.3 is 0 Å². The molecule has 0 bridgehead atoms. The zero-order valence-electron chi connectivity index (χ0n) is 18.9. The second-order valence-corrected chi connectivity index (χ2v) is 8.12. The molecule has 1 unspecified atom stereocenters. The zero-order valence-corrected chi connectivity index (χ0v) is 18.9. The van der Waals surface area contributed by atoms with Crippen LogP contribution in [0, 0.1) is 11.8 Å². The maximum absolute atomic E-state index is 13.2. The number of aliphatic hydroxyl groups is 1. The Labute approximate surface area is 194 Å². The number of likely N-dealkylation sites (tertiary alicyclic amines) is 1. The van der Waals surface area contributed by atoms with E-state index in [0.29, 0.717) is 36.3 Å². The second-order valence-electron chi connectivity index (χ2n) is 8.12. The molecule has 0 saturated carbocycles. The SMILES string of the molecule is COc1ccc(C#Cc2ccc(C(=O)N3CCCC(O)(c4ccccc4OC)C3)cc2)cc1. The Hall–Kier alpha value is -3.75. The van der Waals surface area contributed by atoms with E-state index in [0.717, 1.165) is 16.9 Å². The molecule has 3 aromatic rings. The Bertz CT molecular complexity index is 1180. The molecule has 0 aromatic heterocycles. The summed E-state index contributed by atoms with van der Waals surface area (Å²) in [6.07, 6.45) is 1.29. The second kappa shape index (κ2) is 9.81. The van der Waals surface area contributed by atoms with E-state index < -0.39 is 5.60 Å². The Balaban J connectivity index is 1.47. The van der Waals surface area contributed by atoms with Gasteiger partial charge < -0.3 is 19.5 Å². The maximum atomic E-state index is 13.2. The molecule has 1 N–H and O–H groups in total. The molecule has 1 heterocycles. The van der Waals surface area contributed by atoms with Crippen molar-refractivity contribution in [2.45, 2.75) is 18.4 Å². The molecular formula is C28H27NO4. The molecule has 1 atom stereocenters. The van der Waals surface area contributed by atoms with E-state index in [1.807, 2.05) is 60.7 Å².